The molecule has 5 heteroatoms. The van der Waals surface area contributed by atoms with Gasteiger partial charge in [-0.25, -0.2) is 4.79 Å². The highest BCUT2D eigenvalue weighted by atomic mass is 16.7. The summed E-state index contributed by atoms with van der Waals surface area (Å²) < 4.78 is 9.55. The third kappa shape index (κ3) is 2.20. The zero-order valence-electron chi connectivity index (χ0n) is 5.50. The maximum atomic E-state index is 10.2. The van der Waals surface area contributed by atoms with E-state index < -0.39 is 12.4 Å². The molecule has 1 amide bonds. The predicted octanol–water partition coefficient (Wildman–Crippen LogP) is -0.972. The summed E-state index contributed by atoms with van der Waals surface area (Å²) in [6.07, 6.45) is -1.31. The van der Waals surface area contributed by atoms with E-state index in [-0.39, 0.29) is 0 Å². The molecule has 58 valence electrons. The molecule has 1 fully saturated rings. The number of primary amides is 1. The van der Waals surface area contributed by atoms with Crippen LogP contribution in [-0.4, -0.2) is 32.1 Å². The highest BCUT2D eigenvalue weighted by Gasteiger charge is 2.15. The Morgan fingerprint density at radius 3 is 3.10 bits per heavy atom. The molecule has 0 bridgehead atoms. The van der Waals surface area contributed by atoms with Gasteiger partial charge in [0.05, 0.1) is 13.2 Å². The lowest BCUT2D eigenvalue weighted by Crippen LogP contribution is -2.41. The Hall–Kier alpha value is -0.810. The van der Waals surface area contributed by atoms with Crippen LogP contribution in [0.4, 0.5) is 4.79 Å². The predicted molar refractivity (Wildman–Crippen MR) is 33.3 cm³/mol. The van der Waals surface area contributed by atoms with Gasteiger partial charge in [0.25, 0.3) is 0 Å². The fraction of sp³-hybridized carbons (Fsp3) is 0.800. The van der Waals surface area contributed by atoms with Crippen LogP contribution in [0.2, 0.25) is 0 Å². The normalized spacial score (nSPS) is 25.8. The molecule has 0 spiro atoms. The first-order valence-corrected chi connectivity index (χ1v) is 3.07. The Kier molecular flexibility index (Phi) is 2.47. The molecule has 3 N–H and O–H groups in total. The van der Waals surface area contributed by atoms with Gasteiger partial charge in [-0.3, -0.25) is 0 Å². The van der Waals surface area contributed by atoms with E-state index in [0.717, 1.165) is 6.54 Å². The fourth-order valence-electron chi connectivity index (χ4n) is 0.747. The minimum absolute atomic E-state index is 0.508. The average Bonchev–Trinajstić information content (AvgIpc) is 1.88. The first-order chi connectivity index (χ1) is 4.79. The van der Waals surface area contributed by atoms with E-state index >= 15 is 0 Å². The highest BCUT2D eigenvalue weighted by Crippen LogP contribution is 1.96. The summed E-state index contributed by atoms with van der Waals surface area (Å²) >= 11 is 0. The lowest BCUT2D eigenvalue weighted by Gasteiger charge is -2.22. The molecular formula is C5H10N2O3. The number of nitrogens with two attached hydrogens (primary N) is 1. The Labute approximate surface area is 58.5 Å². The minimum atomic E-state index is -0.797. The van der Waals surface area contributed by atoms with Crippen LogP contribution in [0, 0.1) is 0 Å². The number of hydrogen-bond acceptors (Lipinski definition) is 4. The topological polar surface area (TPSA) is 73.6 Å². The standard InChI is InChI=1S/C5H10N2O3/c6-5(8)10-4-3-7-1-2-9-4/h4,7H,1-3H2,(H2,6,8). The molecule has 0 aliphatic carbocycles. The maximum Gasteiger partial charge on any atom is 0.406 e. The van der Waals surface area contributed by atoms with Gasteiger partial charge >= 0.3 is 6.09 Å². The molecule has 1 aliphatic heterocycles. The van der Waals surface area contributed by atoms with E-state index in [2.05, 4.69) is 10.1 Å². The molecule has 1 atom stereocenters. The monoisotopic (exact) mass is 146 g/mol. The second kappa shape index (κ2) is 3.38. The Balaban J connectivity index is 2.19. The van der Waals surface area contributed by atoms with Crippen molar-refractivity contribution in [2.75, 3.05) is 19.7 Å². The zero-order chi connectivity index (χ0) is 7.40. The van der Waals surface area contributed by atoms with Crippen LogP contribution in [0.15, 0.2) is 0 Å². The van der Waals surface area contributed by atoms with Crippen molar-refractivity contribution >= 4 is 6.09 Å². The van der Waals surface area contributed by atoms with Gasteiger partial charge in [0.2, 0.25) is 6.29 Å². The molecule has 1 rings (SSSR count). The van der Waals surface area contributed by atoms with Crippen LogP contribution in [0.1, 0.15) is 0 Å². The number of nitrogens with one attached hydrogen (secondary N) is 1. The zero-order valence-corrected chi connectivity index (χ0v) is 5.50. The second-order valence-corrected chi connectivity index (χ2v) is 1.94. The van der Waals surface area contributed by atoms with Gasteiger partial charge in [-0.05, 0) is 0 Å². The number of carbonyl (C=O) groups excluding carboxylic acids is 1. The Morgan fingerprint density at radius 2 is 2.60 bits per heavy atom. The van der Waals surface area contributed by atoms with Crippen LogP contribution < -0.4 is 11.1 Å². The van der Waals surface area contributed by atoms with Crippen molar-refractivity contribution in [2.24, 2.45) is 5.73 Å². The maximum absolute atomic E-state index is 10.2. The van der Waals surface area contributed by atoms with E-state index in [4.69, 9.17) is 10.5 Å². The molecule has 0 aromatic heterocycles. The lowest BCUT2D eigenvalue weighted by molar-refractivity contribution is -0.114. The van der Waals surface area contributed by atoms with Crippen LogP contribution in [0.5, 0.6) is 0 Å². The van der Waals surface area contributed by atoms with Gasteiger partial charge in [-0.2, -0.15) is 0 Å². The summed E-state index contributed by atoms with van der Waals surface area (Å²) in [6, 6.07) is 0. The summed E-state index contributed by atoms with van der Waals surface area (Å²) in [4.78, 5) is 10.2. The van der Waals surface area contributed by atoms with Gasteiger partial charge in [-0.1, -0.05) is 0 Å². The van der Waals surface area contributed by atoms with Crippen molar-refractivity contribution in [3.8, 4) is 0 Å². The molecule has 5 nitrogen and oxygen atoms in total. The number of carbonyl (C=O) groups is 1. The molecule has 1 unspecified atom stereocenters. The highest BCUT2D eigenvalue weighted by molar-refractivity contribution is 5.64. The lowest BCUT2D eigenvalue weighted by atomic mass is 10.5. The number of rotatable bonds is 1. The second-order valence-electron chi connectivity index (χ2n) is 1.94. The summed E-state index contributed by atoms with van der Waals surface area (Å²) in [6.45, 7) is 1.86. The summed E-state index contributed by atoms with van der Waals surface area (Å²) in [5.74, 6) is 0. The fourth-order valence-corrected chi connectivity index (χ4v) is 0.747. The molecule has 1 saturated heterocycles. The molecular weight excluding hydrogens is 136 g/mol. The molecule has 1 aliphatic rings. The quantitative estimate of drug-likeness (QED) is 0.499. The first-order valence-electron chi connectivity index (χ1n) is 3.07. The third-order valence-corrected chi connectivity index (χ3v) is 1.14. The SMILES string of the molecule is NC(=O)OC1CNCCO1. The van der Waals surface area contributed by atoms with Crippen LogP contribution in [0.3, 0.4) is 0 Å². The van der Waals surface area contributed by atoms with Gasteiger partial charge in [0, 0.05) is 6.54 Å². The van der Waals surface area contributed by atoms with Crippen molar-refractivity contribution < 1.29 is 14.3 Å². The van der Waals surface area contributed by atoms with Crippen LogP contribution in [0.25, 0.3) is 0 Å². The molecule has 10 heavy (non-hydrogen) atoms. The van der Waals surface area contributed by atoms with E-state index in [9.17, 15) is 4.79 Å². The summed E-state index contributed by atoms with van der Waals surface area (Å²) in [5.41, 5.74) is 4.75. The number of morpholine rings is 1. The average molecular weight is 146 g/mol. The number of amides is 1. The van der Waals surface area contributed by atoms with Crippen molar-refractivity contribution in [1.29, 1.82) is 0 Å². The van der Waals surface area contributed by atoms with Gasteiger partial charge in [0.1, 0.15) is 0 Å². The molecule has 0 radical (unpaired) electrons. The molecule has 1 heterocycles. The van der Waals surface area contributed by atoms with Crippen molar-refractivity contribution in [1.82, 2.24) is 5.32 Å². The van der Waals surface area contributed by atoms with Gasteiger partial charge < -0.3 is 20.5 Å². The van der Waals surface area contributed by atoms with E-state index in [1.54, 1.807) is 0 Å². The smallest absolute Gasteiger partial charge is 0.406 e. The van der Waals surface area contributed by atoms with Crippen LogP contribution in [-0.2, 0) is 9.47 Å². The minimum Gasteiger partial charge on any atom is -0.418 e. The molecule has 0 saturated carbocycles. The first kappa shape index (κ1) is 7.30. The summed E-state index contributed by atoms with van der Waals surface area (Å²) in [5, 5.41) is 2.98. The summed E-state index contributed by atoms with van der Waals surface area (Å²) in [7, 11) is 0. The van der Waals surface area contributed by atoms with Crippen molar-refractivity contribution in [2.45, 2.75) is 6.29 Å². The number of hydrogen-bond donors (Lipinski definition) is 2. The Bertz CT molecular complexity index is 122. The largest absolute Gasteiger partial charge is 0.418 e. The van der Waals surface area contributed by atoms with Gasteiger partial charge in [0.15, 0.2) is 0 Å². The van der Waals surface area contributed by atoms with Gasteiger partial charge in [-0.15, -0.1) is 0 Å². The molecule has 0 aromatic carbocycles. The third-order valence-electron chi connectivity index (χ3n) is 1.14. The van der Waals surface area contributed by atoms with E-state index in [1.165, 1.54) is 0 Å². The number of ether oxygens (including phenoxy) is 2. The van der Waals surface area contributed by atoms with Crippen LogP contribution >= 0.6 is 0 Å². The Morgan fingerprint density at radius 1 is 1.80 bits per heavy atom. The van der Waals surface area contributed by atoms with Crippen molar-refractivity contribution in [3.05, 3.63) is 0 Å². The van der Waals surface area contributed by atoms with E-state index in [0.29, 0.717) is 13.2 Å². The molecule has 0 aromatic rings. The van der Waals surface area contributed by atoms with E-state index in [1.807, 2.05) is 0 Å². The van der Waals surface area contributed by atoms with Crippen molar-refractivity contribution in [3.63, 3.8) is 0 Å².